The number of aliphatic carboxylic acids is 1. The van der Waals surface area contributed by atoms with Crippen LogP contribution in [0.3, 0.4) is 0 Å². The van der Waals surface area contributed by atoms with Crippen molar-refractivity contribution in [3.8, 4) is 0 Å². The van der Waals surface area contributed by atoms with Gasteiger partial charge < -0.3 is 14.4 Å². The van der Waals surface area contributed by atoms with Crippen molar-refractivity contribution >= 4 is 17.7 Å². The van der Waals surface area contributed by atoms with Crippen molar-refractivity contribution in [2.24, 2.45) is 0 Å². The Morgan fingerprint density at radius 2 is 2.16 bits per heavy atom. The largest absolute Gasteiger partial charge is 0.481 e. The van der Waals surface area contributed by atoms with Gasteiger partial charge in [-0.05, 0) is 6.92 Å². The molecule has 0 spiro atoms. The van der Waals surface area contributed by atoms with E-state index in [0.29, 0.717) is 11.7 Å². The fourth-order valence-electron chi connectivity index (χ4n) is 1.23. The Labute approximate surface area is 111 Å². The first-order valence-electron chi connectivity index (χ1n) is 5.24. The van der Waals surface area contributed by atoms with Crippen LogP contribution in [-0.2, 0) is 22.7 Å². The Kier molecular flexibility index (Phi) is 5.60. The maximum absolute atomic E-state index is 11.9. The first-order valence-corrected chi connectivity index (χ1v) is 6.23. The van der Waals surface area contributed by atoms with E-state index in [0.717, 1.165) is 11.8 Å². The van der Waals surface area contributed by atoms with Crippen LogP contribution in [0.5, 0.6) is 0 Å². The van der Waals surface area contributed by atoms with Crippen LogP contribution in [0, 0.1) is 0 Å². The van der Waals surface area contributed by atoms with E-state index < -0.39 is 18.8 Å². The predicted molar refractivity (Wildman–Crippen MR) is 59.8 cm³/mol. The van der Waals surface area contributed by atoms with Crippen molar-refractivity contribution in [3.63, 3.8) is 0 Å². The van der Waals surface area contributed by atoms with Crippen LogP contribution in [0.25, 0.3) is 0 Å². The monoisotopic (exact) mass is 299 g/mol. The van der Waals surface area contributed by atoms with Gasteiger partial charge in [0.05, 0.1) is 5.75 Å². The highest BCUT2D eigenvalue weighted by Gasteiger charge is 2.27. The minimum absolute atomic E-state index is 0.193. The Hall–Kier alpha value is -1.29. The third kappa shape index (κ3) is 5.47. The number of carboxylic acid groups (broad SMARTS) is 1. The molecule has 0 aliphatic carbocycles. The fourth-order valence-corrected chi connectivity index (χ4v) is 1.98. The standard InChI is InChI=1S/C9H12F3N3O3S/c1-2-15-6(3-18-5-9(10,11)12)13-14-8(15)19-4-7(16)17/h2-5H2,1H3,(H,16,17). The second kappa shape index (κ2) is 6.75. The number of carbonyl (C=O) groups is 1. The van der Waals surface area contributed by atoms with Gasteiger partial charge in [-0.25, -0.2) is 0 Å². The third-order valence-corrected chi connectivity index (χ3v) is 2.88. The second-order valence-corrected chi connectivity index (χ2v) is 4.38. The topological polar surface area (TPSA) is 77.2 Å². The molecule has 0 amide bonds. The van der Waals surface area contributed by atoms with Gasteiger partial charge in [-0.1, -0.05) is 11.8 Å². The Bertz CT molecular complexity index is 436. The molecule has 0 aromatic carbocycles. The zero-order valence-electron chi connectivity index (χ0n) is 9.98. The van der Waals surface area contributed by atoms with Gasteiger partial charge in [0, 0.05) is 6.54 Å². The third-order valence-electron chi connectivity index (χ3n) is 1.93. The SMILES string of the molecule is CCn1c(COCC(F)(F)F)nnc1SCC(=O)O. The van der Waals surface area contributed by atoms with E-state index in [-0.39, 0.29) is 18.2 Å². The van der Waals surface area contributed by atoms with Crippen LogP contribution >= 0.6 is 11.8 Å². The first kappa shape index (κ1) is 15.8. The smallest absolute Gasteiger partial charge is 0.411 e. The van der Waals surface area contributed by atoms with Crippen molar-refractivity contribution in [1.29, 1.82) is 0 Å². The van der Waals surface area contributed by atoms with Crippen molar-refractivity contribution in [2.75, 3.05) is 12.4 Å². The maximum atomic E-state index is 11.9. The average molecular weight is 299 g/mol. The van der Waals surface area contributed by atoms with Gasteiger partial charge in [0.2, 0.25) is 0 Å². The van der Waals surface area contributed by atoms with Gasteiger partial charge in [0.25, 0.3) is 0 Å². The fraction of sp³-hybridized carbons (Fsp3) is 0.667. The molecule has 0 saturated heterocycles. The van der Waals surface area contributed by atoms with E-state index >= 15 is 0 Å². The molecule has 6 nitrogen and oxygen atoms in total. The van der Waals surface area contributed by atoms with Crippen LogP contribution in [0.4, 0.5) is 13.2 Å². The molecular formula is C9H12F3N3O3S. The molecule has 1 aromatic rings. The van der Waals surface area contributed by atoms with Crippen LogP contribution in [0.2, 0.25) is 0 Å². The second-order valence-electron chi connectivity index (χ2n) is 3.43. The van der Waals surface area contributed by atoms with Gasteiger partial charge in [-0.2, -0.15) is 13.2 Å². The summed E-state index contributed by atoms with van der Waals surface area (Å²) < 4.78 is 41.8. The lowest BCUT2D eigenvalue weighted by Crippen LogP contribution is -2.18. The summed E-state index contributed by atoms with van der Waals surface area (Å²) in [4.78, 5) is 10.4. The summed E-state index contributed by atoms with van der Waals surface area (Å²) in [5, 5.41) is 16.3. The number of hydrogen-bond acceptors (Lipinski definition) is 5. The molecule has 0 fully saturated rings. The van der Waals surface area contributed by atoms with E-state index in [1.54, 1.807) is 6.92 Å². The highest BCUT2D eigenvalue weighted by Crippen LogP contribution is 2.19. The minimum Gasteiger partial charge on any atom is -0.481 e. The zero-order valence-corrected chi connectivity index (χ0v) is 10.8. The lowest BCUT2D eigenvalue weighted by molar-refractivity contribution is -0.177. The molecule has 0 bridgehead atoms. The van der Waals surface area contributed by atoms with Gasteiger partial charge in [0.1, 0.15) is 13.2 Å². The van der Waals surface area contributed by atoms with Gasteiger partial charge >= 0.3 is 12.1 Å². The first-order chi connectivity index (χ1) is 8.83. The highest BCUT2D eigenvalue weighted by molar-refractivity contribution is 7.99. The van der Waals surface area contributed by atoms with E-state index in [9.17, 15) is 18.0 Å². The summed E-state index contributed by atoms with van der Waals surface area (Å²) in [5.41, 5.74) is 0. The quantitative estimate of drug-likeness (QED) is 0.770. The molecule has 1 aromatic heterocycles. The molecule has 1 heterocycles. The molecule has 10 heteroatoms. The average Bonchev–Trinajstić information content (AvgIpc) is 2.67. The summed E-state index contributed by atoms with van der Waals surface area (Å²) >= 11 is 0.952. The van der Waals surface area contributed by atoms with Gasteiger partial charge in [-0.15, -0.1) is 10.2 Å². The minimum atomic E-state index is -4.39. The number of hydrogen-bond donors (Lipinski definition) is 1. The maximum Gasteiger partial charge on any atom is 0.411 e. The van der Waals surface area contributed by atoms with Crippen molar-refractivity contribution < 1.29 is 27.8 Å². The van der Waals surface area contributed by atoms with Crippen LogP contribution in [-0.4, -0.2) is 44.4 Å². The van der Waals surface area contributed by atoms with Crippen molar-refractivity contribution in [2.45, 2.75) is 31.4 Å². The van der Waals surface area contributed by atoms with Crippen LogP contribution < -0.4 is 0 Å². The molecule has 1 N–H and O–H groups in total. The summed E-state index contributed by atoms with van der Waals surface area (Å²) in [6, 6.07) is 0. The number of aromatic nitrogens is 3. The number of halogens is 3. The van der Waals surface area contributed by atoms with Crippen molar-refractivity contribution in [1.82, 2.24) is 14.8 Å². The summed E-state index contributed by atoms with van der Waals surface area (Å²) in [7, 11) is 0. The molecule has 0 unspecified atom stereocenters. The lowest BCUT2D eigenvalue weighted by atomic mass is 10.6. The molecule has 0 atom stereocenters. The van der Waals surface area contributed by atoms with Crippen LogP contribution in [0.15, 0.2) is 5.16 Å². The van der Waals surface area contributed by atoms with E-state index in [1.165, 1.54) is 4.57 Å². The predicted octanol–water partition coefficient (Wildman–Crippen LogP) is 1.55. The number of nitrogens with zero attached hydrogens (tertiary/aromatic N) is 3. The zero-order chi connectivity index (χ0) is 14.5. The lowest BCUT2D eigenvalue weighted by Gasteiger charge is -2.09. The molecule has 19 heavy (non-hydrogen) atoms. The number of rotatable bonds is 7. The molecular weight excluding hydrogens is 287 g/mol. The van der Waals surface area contributed by atoms with E-state index in [1.807, 2.05) is 0 Å². The Morgan fingerprint density at radius 1 is 1.47 bits per heavy atom. The molecule has 0 radical (unpaired) electrons. The molecule has 0 aliphatic rings. The molecule has 0 saturated carbocycles. The summed E-state index contributed by atoms with van der Waals surface area (Å²) in [6.45, 7) is 0.482. The Morgan fingerprint density at radius 3 is 2.68 bits per heavy atom. The number of ether oxygens (including phenoxy) is 1. The normalized spacial score (nSPS) is 11.8. The van der Waals surface area contributed by atoms with Gasteiger partial charge in [0.15, 0.2) is 11.0 Å². The molecule has 1 rings (SSSR count). The van der Waals surface area contributed by atoms with Crippen LogP contribution in [0.1, 0.15) is 12.7 Å². The van der Waals surface area contributed by atoms with Gasteiger partial charge in [-0.3, -0.25) is 4.79 Å². The number of alkyl halides is 3. The molecule has 0 aliphatic heterocycles. The Balaban J connectivity index is 2.61. The van der Waals surface area contributed by atoms with Crippen molar-refractivity contribution in [3.05, 3.63) is 5.82 Å². The summed E-state index contributed by atoms with van der Waals surface area (Å²) in [5.74, 6) is -0.966. The summed E-state index contributed by atoms with van der Waals surface area (Å²) in [6.07, 6.45) is -4.39. The van der Waals surface area contributed by atoms with E-state index in [4.69, 9.17) is 5.11 Å². The highest BCUT2D eigenvalue weighted by atomic mass is 32.2. The van der Waals surface area contributed by atoms with E-state index in [2.05, 4.69) is 14.9 Å². The number of carboxylic acids is 1. The number of thioether (sulfide) groups is 1. The molecule has 108 valence electrons.